The zero-order chi connectivity index (χ0) is 18.7. The Balaban J connectivity index is 1.69. The lowest BCUT2D eigenvalue weighted by Gasteiger charge is -2.17. The van der Waals surface area contributed by atoms with Gasteiger partial charge >= 0.3 is 0 Å². The summed E-state index contributed by atoms with van der Waals surface area (Å²) in [6, 6.07) is 10.2. The summed E-state index contributed by atoms with van der Waals surface area (Å²) >= 11 is 7.03. The summed E-state index contributed by atoms with van der Waals surface area (Å²) in [6.07, 6.45) is 0.383. The highest BCUT2D eigenvalue weighted by Crippen LogP contribution is 2.20. The molecular formula is C19H22N4OS2. The molecule has 2 heterocycles. The van der Waals surface area contributed by atoms with Crippen molar-refractivity contribution in [2.75, 3.05) is 7.05 Å². The van der Waals surface area contributed by atoms with Crippen LogP contribution in [0.2, 0.25) is 0 Å². The smallest absolute Gasteiger partial charge is 0.224 e. The van der Waals surface area contributed by atoms with Gasteiger partial charge in [0.2, 0.25) is 5.91 Å². The Morgan fingerprint density at radius 1 is 1.27 bits per heavy atom. The quantitative estimate of drug-likeness (QED) is 0.642. The first kappa shape index (κ1) is 18.5. The Hall–Kier alpha value is -2.25. The number of thiophene rings is 1. The van der Waals surface area contributed by atoms with Crippen LogP contribution in [0.25, 0.3) is 11.4 Å². The standard InChI is InChI=1S/C19H22N4OS2/c1-13-4-6-15(7-5-13)18-20-21-19(25)23(18)10-8-17(24)22(3)12-16-14(2)9-11-26-16/h4-7,9,11H,8,10,12H2,1-3H3,(H,21,25). The molecule has 0 saturated heterocycles. The average molecular weight is 387 g/mol. The largest absolute Gasteiger partial charge is 0.341 e. The Morgan fingerprint density at radius 2 is 2.00 bits per heavy atom. The number of nitrogens with one attached hydrogen (secondary N) is 1. The van der Waals surface area contributed by atoms with Gasteiger partial charge in [-0.05, 0) is 43.1 Å². The van der Waals surface area contributed by atoms with E-state index in [1.807, 2.05) is 42.8 Å². The van der Waals surface area contributed by atoms with Crippen LogP contribution in [0, 0.1) is 18.6 Å². The molecule has 26 heavy (non-hydrogen) atoms. The van der Waals surface area contributed by atoms with E-state index in [9.17, 15) is 4.79 Å². The molecule has 3 aromatic rings. The molecule has 0 radical (unpaired) electrons. The molecule has 0 aliphatic heterocycles. The normalized spacial score (nSPS) is 10.9. The first-order valence-corrected chi connectivity index (χ1v) is 9.73. The minimum Gasteiger partial charge on any atom is -0.341 e. The maximum atomic E-state index is 12.5. The SMILES string of the molecule is Cc1ccc(-c2n[nH]c(=S)n2CCC(=O)N(C)Cc2sccc2C)cc1. The van der Waals surface area contributed by atoms with Gasteiger partial charge in [0.25, 0.3) is 0 Å². The van der Waals surface area contributed by atoms with Crippen molar-refractivity contribution in [3.8, 4) is 11.4 Å². The predicted octanol–water partition coefficient (Wildman–Crippen LogP) is 4.33. The van der Waals surface area contributed by atoms with Gasteiger partial charge in [0.1, 0.15) is 0 Å². The number of benzene rings is 1. The Labute approximate surface area is 162 Å². The van der Waals surface area contributed by atoms with E-state index in [0.29, 0.717) is 24.3 Å². The summed E-state index contributed by atoms with van der Waals surface area (Å²) in [6.45, 7) is 5.27. The van der Waals surface area contributed by atoms with E-state index in [1.165, 1.54) is 16.0 Å². The fraction of sp³-hybridized carbons (Fsp3) is 0.316. The third kappa shape index (κ3) is 4.11. The molecule has 136 valence electrons. The molecule has 7 heteroatoms. The van der Waals surface area contributed by atoms with Crippen LogP contribution in [0.15, 0.2) is 35.7 Å². The van der Waals surface area contributed by atoms with Gasteiger partial charge in [0.05, 0.1) is 6.54 Å². The summed E-state index contributed by atoms with van der Waals surface area (Å²) in [5.41, 5.74) is 3.40. The number of carbonyl (C=O) groups excluding carboxylic acids is 1. The van der Waals surface area contributed by atoms with E-state index in [-0.39, 0.29) is 5.91 Å². The number of aromatic amines is 1. The van der Waals surface area contributed by atoms with Crippen molar-refractivity contribution >= 4 is 29.5 Å². The Bertz CT molecular complexity index is 953. The van der Waals surface area contributed by atoms with Crippen molar-refractivity contribution in [3.05, 3.63) is 56.5 Å². The molecule has 0 aliphatic rings. The topological polar surface area (TPSA) is 53.9 Å². The molecule has 2 aromatic heterocycles. The van der Waals surface area contributed by atoms with Gasteiger partial charge in [-0.3, -0.25) is 14.5 Å². The van der Waals surface area contributed by atoms with E-state index in [4.69, 9.17) is 12.2 Å². The van der Waals surface area contributed by atoms with E-state index >= 15 is 0 Å². The monoisotopic (exact) mass is 386 g/mol. The minimum absolute atomic E-state index is 0.0933. The van der Waals surface area contributed by atoms with Crippen LogP contribution in [-0.2, 0) is 17.9 Å². The maximum absolute atomic E-state index is 12.5. The number of nitrogens with zero attached hydrogens (tertiary/aromatic N) is 3. The van der Waals surface area contributed by atoms with Crippen molar-refractivity contribution in [2.45, 2.75) is 33.4 Å². The number of aryl methyl sites for hydroxylation is 2. The number of hydrogen-bond acceptors (Lipinski definition) is 4. The molecule has 3 rings (SSSR count). The molecule has 5 nitrogen and oxygen atoms in total. The van der Waals surface area contributed by atoms with Gasteiger partial charge in [0, 0.05) is 30.5 Å². The molecule has 0 spiro atoms. The highest BCUT2D eigenvalue weighted by Gasteiger charge is 2.14. The van der Waals surface area contributed by atoms with Gasteiger partial charge in [-0.2, -0.15) is 5.10 Å². The molecule has 1 N–H and O–H groups in total. The molecule has 0 saturated carbocycles. The molecule has 0 bridgehead atoms. The van der Waals surface area contributed by atoms with Crippen molar-refractivity contribution in [1.82, 2.24) is 19.7 Å². The fourth-order valence-corrected chi connectivity index (χ4v) is 3.90. The number of H-pyrrole nitrogens is 1. The highest BCUT2D eigenvalue weighted by atomic mass is 32.1. The lowest BCUT2D eigenvalue weighted by atomic mass is 10.1. The molecule has 0 unspecified atom stereocenters. The first-order chi connectivity index (χ1) is 12.5. The zero-order valence-corrected chi connectivity index (χ0v) is 16.8. The number of amides is 1. The molecule has 0 atom stereocenters. The van der Waals surface area contributed by atoms with Gasteiger partial charge in [0.15, 0.2) is 10.6 Å². The molecule has 1 aromatic carbocycles. The average Bonchev–Trinajstić information content (AvgIpc) is 3.19. The van der Waals surface area contributed by atoms with Gasteiger partial charge < -0.3 is 4.90 Å². The van der Waals surface area contributed by atoms with Gasteiger partial charge in [-0.15, -0.1) is 11.3 Å². The second-order valence-corrected chi connectivity index (χ2v) is 7.78. The van der Waals surface area contributed by atoms with Crippen molar-refractivity contribution in [3.63, 3.8) is 0 Å². The maximum Gasteiger partial charge on any atom is 0.224 e. The first-order valence-electron chi connectivity index (χ1n) is 8.45. The predicted molar refractivity (Wildman–Crippen MR) is 108 cm³/mol. The van der Waals surface area contributed by atoms with Crippen molar-refractivity contribution < 1.29 is 4.79 Å². The van der Waals surface area contributed by atoms with Crippen molar-refractivity contribution in [1.29, 1.82) is 0 Å². The van der Waals surface area contributed by atoms with Crippen LogP contribution in [0.4, 0.5) is 0 Å². The van der Waals surface area contributed by atoms with Crippen LogP contribution >= 0.6 is 23.6 Å². The summed E-state index contributed by atoms with van der Waals surface area (Å²) in [5, 5.41) is 9.23. The zero-order valence-electron chi connectivity index (χ0n) is 15.2. The van der Waals surface area contributed by atoms with Gasteiger partial charge in [-0.25, -0.2) is 0 Å². The van der Waals surface area contributed by atoms with Crippen LogP contribution in [0.1, 0.15) is 22.4 Å². The third-order valence-electron chi connectivity index (χ3n) is 4.39. The van der Waals surface area contributed by atoms with E-state index < -0.39 is 0 Å². The van der Waals surface area contributed by atoms with Gasteiger partial charge in [-0.1, -0.05) is 29.8 Å². The fourth-order valence-electron chi connectivity index (χ4n) is 2.72. The summed E-state index contributed by atoms with van der Waals surface area (Å²) in [4.78, 5) is 15.5. The molecule has 0 aliphatic carbocycles. The van der Waals surface area contributed by atoms with Crippen molar-refractivity contribution in [2.24, 2.45) is 0 Å². The Kier molecular flexibility index (Phi) is 5.68. The molecular weight excluding hydrogens is 364 g/mol. The van der Waals surface area contributed by atoms with E-state index in [0.717, 1.165) is 11.4 Å². The number of rotatable bonds is 6. The third-order valence-corrected chi connectivity index (χ3v) is 5.71. The summed E-state index contributed by atoms with van der Waals surface area (Å²) in [5.74, 6) is 0.857. The summed E-state index contributed by atoms with van der Waals surface area (Å²) in [7, 11) is 1.84. The van der Waals surface area contributed by atoms with Crippen LogP contribution < -0.4 is 0 Å². The van der Waals surface area contributed by atoms with E-state index in [2.05, 4.69) is 28.6 Å². The second-order valence-electron chi connectivity index (χ2n) is 6.40. The van der Waals surface area contributed by atoms with Crippen LogP contribution in [-0.4, -0.2) is 32.6 Å². The number of hydrogen-bond donors (Lipinski definition) is 1. The summed E-state index contributed by atoms with van der Waals surface area (Å²) < 4.78 is 2.42. The number of carbonyl (C=O) groups is 1. The lowest BCUT2D eigenvalue weighted by molar-refractivity contribution is -0.130. The highest BCUT2D eigenvalue weighted by molar-refractivity contribution is 7.71. The van der Waals surface area contributed by atoms with E-state index in [1.54, 1.807) is 16.2 Å². The van der Waals surface area contributed by atoms with Crippen LogP contribution in [0.5, 0.6) is 0 Å². The Morgan fingerprint density at radius 3 is 2.65 bits per heavy atom. The minimum atomic E-state index is 0.0933. The lowest BCUT2D eigenvalue weighted by Crippen LogP contribution is -2.27. The molecule has 0 fully saturated rings. The second kappa shape index (κ2) is 7.97. The molecule has 1 amide bonds. The van der Waals surface area contributed by atoms with Crippen LogP contribution in [0.3, 0.4) is 0 Å². The number of aromatic nitrogens is 3.